The van der Waals surface area contributed by atoms with Gasteiger partial charge in [0.25, 0.3) is 0 Å². The summed E-state index contributed by atoms with van der Waals surface area (Å²) in [6.45, 7) is 4.28. The van der Waals surface area contributed by atoms with Crippen LogP contribution >= 0.6 is 22.9 Å². The lowest BCUT2D eigenvalue weighted by Gasteiger charge is -2.05. The minimum atomic E-state index is -0.458. The average Bonchev–Trinajstić information content (AvgIpc) is 2.47. The van der Waals surface area contributed by atoms with Crippen LogP contribution in [-0.4, -0.2) is 11.3 Å². The fraction of sp³-hybridized carbons (Fsp3) is 0.444. The summed E-state index contributed by atoms with van der Waals surface area (Å²) in [5, 5.41) is 4.32. The maximum absolute atomic E-state index is 11.1. The van der Waals surface area contributed by atoms with Gasteiger partial charge in [0.15, 0.2) is 0 Å². The molecule has 0 radical (unpaired) electrons. The molecular formula is C9H12ClNOS. The molecule has 2 nitrogen and oxygen atoms in total. The largest absolute Gasteiger partial charge is 0.350 e. The molecule has 0 bridgehead atoms. The summed E-state index contributed by atoms with van der Waals surface area (Å²) in [5.41, 5.74) is 1.22. The van der Waals surface area contributed by atoms with Crippen molar-refractivity contribution in [2.75, 3.05) is 0 Å². The van der Waals surface area contributed by atoms with E-state index in [-0.39, 0.29) is 5.91 Å². The molecule has 0 aliphatic heterocycles. The van der Waals surface area contributed by atoms with Gasteiger partial charge in [0.1, 0.15) is 5.38 Å². The molecule has 0 spiro atoms. The highest BCUT2D eigenvalue weighted by Gasteiger charge is 2.08. The van der Waals surface area contributed by atoms with Crippen LogP contribution in [0.3, 0.4) is 0 Å². The van der Waals surface area contributed by atoms with E-state index in [9.17, 15) is 4.79 Å². The molecule has 72 valence electrons. The van der Waals surface area contributed by atoms with Crippen molar-refractivity contribution in [3.05, 3.63) is 21.9 Å². The number of alkyl halides is 1. The maximum atomic E-state index is 11.1. The number of rotatable bonds is 3. The molecule has 0 saturated carbocycles. The molecule has 13 heavy (non-hydrogen) atoms. The van der Waals surface area contributed by atoms with Crippen LogP contribution in [0.1, 0.15) is 17.4 Å². The van der Waals surface area contributed by atoms with Crippen LogP contribution in [0.25, 0.3) is 0 Å². The molecule has 1 aromatic rings. The van der Waals surface area contributed by atoms with Gasteiger partial charge in [-0.15, -0.1) is 22.9 Å². The lowest BCUT2D eigenvalue weighted by molar-refractivity contribution is -0.120. The van der Waals surface area contributed by atoms with E-state index < -0.39 is 5.38 Å². The van der Waals surface area contributed by atoms with E-state index in [1.165, 1.54) is 10.4 Å². The highest BCUT2D eigenvalue weighted by atomic mass is 35.5. The molecule has 1 heterocycles. The van der Waals surface area contributed by atoms with Crippen molar-refractivity contribution >= 4 is 28.8 Å². The first-order valence-corrected chi connectivity index (χ1v) is 5.37. The van der Waals surface area contributed by atoms with Crippen LogP contribution < -0.4 is 5.32 Å². The minimum absolute atomic E-state index is 0.116. The van der Waals surface area contributed by atoms with Gasteiger partial charge in [-0.3, -0.25) is 4.79 Å². The standard InChI is InChI=1S/C9H12ClNOS/c1-6-3-4-13-8(6)5-11-9(12)7(2)10/h3-4,7H,5H2,1-2H3,(H,11,12). The summed E-state index contributed by atoms with van der Waals surface area (Å²) in [5.74, 6) is -0.116. The molecule has 0 aromatic carbocycles. The molecule has 4 heteroatoms. The number of halogens is 1. The van der Waals surface area contributed by atoms with E-state index in [0.717, 1.165) is 0 Å². The van der Waals surface area contributed by atoms with Crippen LogP contribution in [0.4, 0.5) is 0 Å². The third kappa shape index (κ3) is 3.01. The van der Waals surface area contributed by atoms with Crippen LogP contribution in [-0.2, 0) is 11.3 Å². The molecule has 1 aromatic heterocycles. The van der Waals surface area contributed by atoms with Gasteiger partial charge in [-0.1, -0.05) is 0 Å². The first-order valence-electron chi connectivity index (χ1n) is 4.06. The first kappa shape index (κ1) is 10.5. The van der Waals surface area contributed by atoms with Crippen LogP contribution in [0, 0.1) is 6.92 Å². The van der Waals surface area contributed by atoms with Crippen molar-refractivity contribution in [2.45, 2.75) is 25.8 Å². The Balaban J connectivity index is 2.44. The maximum Gasteiger partial charge on any atom is 0.238 e. The van der Waals surface area contributed by atoms with Gasteiger partial charge < -0.3 is 5.32 Å². The second-order valence-electron chi connectivity index (χ2n) is 2.86. The zero-order valence-corrected chi connectivity index (χ0v) is 9.21. The molecule has 0 fully saturated rings. The van der Waals surface area contributed by atoms with Gasteiger partial charge in [0.05, 0.1) is 6.54 Å². The van der Waals surface area contributed by atoms with Crippen molar-refractivity contribution < 1.29 is 4.79 Å². The number of carbonyl (C=O) groups is 1. The van der Waals surface area contributed by atoms with Crippen molar-refractivity contribution in [3.8, 4) is 0 Å². The normalized spacial score (nSPS) is 12.5. The molecule has 1 unspecified atom stereocenters. The molecule has 1 rings (SSSR count). The molecule has 1 atom stereocenters. The van der Waals surface area contributed by atoms with E-state index >= 15 is 0 Å². The van der Waals surface area contributed by atoms with E-state index in [4.69, 9.17) is 11.6 Å². The first-order chi connectivity index (χ1) is 6.11. The van der Waals surface area contributed by atoms with Gasteiger partial charge >= 0.3 is 0 Å². The summed E-state index contributed by atoms with van der Waals surface area (Å²) in [6.07, 6.45) is 0. The Morgan fingerprint density at radius 2 is 2.46 bits per heavy atom. The summed E-state index contributed by atoms with van der Waals surface area (Å²) < 4.78 is 0. The summed E-state index contributed by atoms with van der Waals surface area (Å²) >= 11 is 7.24. The van der Waals surface area contributed by atoms with Crippen LogP contribution in [0.2, 0.25) is 0 Å². The second-order valence-corrected chi connectivity index (χ2v) is 4.52. The number of carbonyl (C=O) groups excluding carboxylic acids is 1. The zero-order valence-electron chi connectivity index (χ0n) is 7.63. The molecular weight excluding hydrogens is 206 g/mol. The number of aryl methyl sites for hydroxylation is 1. The molecule has 1 amide bonds. The summed E-state index contributed by atoms with van der Waals surface area (Å²) in [4.78, 5) is 12.3. The number of nitrogens with one attached hydrogen (secondary N) is 1. The predicted octanol–water partition coefficient (Wildman–Crippen LogP) is 2.30. The lowest BCUT2D eigenvalue weighted by Crippen LogP contribution is -2.28. The van der Waals surface area contributed by atoms with Crippen molar-refractivity contribution in [1.82, 2.24) is 5.32 Å². The number of hydrogen-bond donors (Lipinski definition) is 1. The van der Waals surface area contributed by atoms with E-state index in [2.05, 4.69) is 5.32 Å². The Morgan fingerprint density at radius 3 is 2.92 bits per heavy atom. The second kappa shape index (κ2) is 4.63. The Morgan fingerprint density at radius 1 is 1.77 bits per heavy atom. The van der Waals surface area contributed by atoms with Gasteiger partial charge in [-0.2, -0.15) is 0 Å². The van der Waals surface area contributed by atoms with E-state index in [0.29, 0.717) is 6.54 Å². The minimum Gasteiger partial charge on any atom is -0.350 e. The van der Waals surface area contributed by atoms with Crippen molar-refractivity contribution in [3.63, 3.8) is 0 Å². The van der Waals surface area contributed by atoms with E-state index in [1.807, 2.05) is 18.4 Å². The highest BCUT2D eigenvalue weighted by molar-refractivity contribution is 7.10. The van der Waals surface area contributed by atoms with Crippen LogP contribution in [0.5, 0.6) is 0 Å². The smallest absolute Gasteiger partial charge is 0.238 e. The Hall–Kier alpha value is -0.540. The predicted molar refractivity (Wildman–Crippen MR) is 56.2 cm³/mol. The summed E-state index contributed by atoms with van der Waals surface area (Å²) in [7, 11) is 0. The Kier molecular flexibility index (Phi) is 3.75. The summed E-state index contributed by atoms with van der Waals surface area (Å²) in [6, 6.07) is 2.04. The average molecular weight is 218 g/mol. The van der Waals surface area contributed by atoms with E-state index in [1.54, 1.807) is 18.3 Å². The number of hydrogen-bond acceptors (Lipinski definition) is 2. The molecule has 0 aliphatic rings. The van der Waals surface area contributed by atoms with Crippen molar-refractivity contribution in [2.24, 2.45) is 0 Å². The van der Waals surface area contributed by atoms with Gasteiger partial charge in [0.2, 0.25) is 5.91 Å². The van der Waals surface area contributed by atoms with Crippen molar-refractivity contribution in [1.29, 1.82) is 0 Å². The topological polar surface area (TPSA) is 29.1 Å². The Bertz CT molecular complexity index is 296. The fourth-order valence-electron chi connectivity index (χ4n) is 0.893. The zero-order chi connectivity index (χ0) is 9.84. The number of thiophene rings is 1. The highest BCUT2D eigenvalue weighted by Crippen LogP contribution is 2.14. The van der Waals surface area contributed by atoms with Gasteiger partial charge in [-0.05, 0) is 30.9 Å². The molecule has 0 saturated heterocycles. The Labute approximate surface area is 86.9 Å². The quantitative estimate of drug-likeness (QED) is 0.774. The monoisotopic (exact) mass is 217 g/mol. The molecule has 1 N–H and O–H groups in total. The van der Waals surface area contributed by atoms with Gasteiger partial charge in [0, 0.05) is 4.88 Å². The number of amides is 1. The lowest BCUT2D eigenvalue weighted by atomic mass is 10.3. The van der Waals surface area contributed by atoms with Crippen LogP contribution in [0.15, 0.2) is 11.4 Å². The van der Waals surface area contributed by atoms with Gasteiger partial charge in [-0.25, -0.2) is 0 Å². The third-order valence-electron chi connectivity index (χ3n) is 1.75. The third-order valence-corrected chi connectivity index (χ3v) is 2.97. The SMILES string of the molecule is Cc1ccsc1CNC(=O)C(C)Cl. The fourth-order valence-corrected chi connectivity index (χ4v) is 1.82. The molecule has 0 aliphatic carbocycles.